The molecule has 0 radical (unpaired) electrons. The van der Waals surface area contributed by atoms with Gasteiger partial charge in [0.1, 0.15) is 0 Å². The van der Waals surface area contributed by atoms with Gasteiger partial charge < -0.3 is 16.0 Å². The summed E-state index contributed by atoms with van der Waals surface area (Å²) in [5, 5.41) is 7.91. The van der Waals surface area contributed by atoms with Crippen molar-refractivity contribution in [3.63, 3.8) is 0 Å². The lowest BCUT2D eigenvalue weighted by Crippen LogP contribution is -2.25. The molecule has 0 unspecified atom stereocenters. The van der Waals surface area contributed by atoms with E-state index in [0.717, 1.165) is 5.56 Å². The van der Waals surface area contributed by atoms with E-state index in [9.17, 15) is 14.4 Å². The molecule has 0 bridgehead atoms. The maximum atomic E-state index is 12.2. The molecule has 0 aromatic heterocycles. The van der Waals surface area contributed by atoms with Crippen LogP contribution in [0, 0.1) is 12.3 Å². The van der Waals surface area contributed by atoms with Crippen molar-refractivity contribution in [2.75, 3.05) is 17.2 Å². The number of para-hydroxylation sites is 1. The second-order valence-corrected chi connectivity index (χ2v) is 5.56. The van der Waals surface area contributed by atoms with Gasteiger partial charge in [0, 0.05) is 18.7 Å². The van der Waals surface area contributed by atoms with Crippen LogP contribution in [0.2, 0.25) is 0 Å². The van der Waals surface area contributed by atoms with Gasteiger partial charge in [-0.25, -0.2) is 0 Å². The lowest BCUT2D eigenvalue weighted by molar-refractivity contribution is -0.114. The molecule has 0 aliphatic carbocycles. The van der Waals surface area contributed by atoms with Crippen LogP contribution in [0.1, 0.15) is 22.8 Å². The van der Waals surface area contributed by atoms with Crippen molar-refractivity contribution in [1.29, 1.82) is 0 Å². The third-order valence-corrected chi connectivity index (χ3v) is 3.44. The second-order valence-electron chi connectivity index (χ2n) is 5.56. The number of benzene rings is 2. The molecule has 0 spiro atoms. The Morgan fingerprint density at radius 2 is 1.74 bits per heavy atom. The summed E-state index contributed by atoms with van der Waals surface area (Å²) in [4.78, 5) is 35.3. The Morgan fingerprint density at radius 1 is 1.04 bits per heavy atom. The van der Waals surface area contributed by atoms with Crippen molar-refractivity contribution >= 4 is 35.2 Å². The first-order chi connectivity index (χ1) is 13.0. The largest absolute Gasteiger partial charge is 0.341 e. The van der Waals surface area contributed by atoms with Gasteiger partial charge in [0.05, 0.1) is 17.8 Å². The molecular weight excluding hydrogens is 342 g/mol. The first-order valence-corrected chi connectivity index (χ1v) is 8.17. The number of anilines is 2. The number of carbonyl (C=O) groups excluding carboxylic acids is 3. The van der Waals surface area contributed by atoms with Crippen LogP contribution in [-0.4, -0.2) is 24.3 Å². The van der Waals surface area contributed by atoms with Crippen LogP contribution in [0.15, 0.2) is 54.6 Å². The number of hydrogen-bond acceptors (Lipinski definition) is 3. The number of amides is 3. The lowest BCUT2D eigenvalue weighted by Gasteiger charge is -2.09. The van der Waals surface area contributed by atoms with Gasteiger partial charge in [-0.3, -0.25) is 14.4 Å². The highest BCUT2D eigenvalue weighted by Crippen LogP contribution is 2.15. The molecule has 0 aliphatic heterocycles. The average molecular weight is 361 g/mol. The first kappa shape index (κ1) is 19.5. The normalized spacial score (nSPS) is 10.1. The first-order valence-electron chi connectivity index (χ1n) is 8.17. The fourth-order valence-electron chi connectivity index (χ4n) is 2.24. The summed E-state index contributed by atoms with van der Waals surface area (Å²) >= 11 is 0. The van der Waals surface area contributed by atoms with Crippen LogP contribution >= 0.6 is 0 Å². The predicted octanol–water partition coefficient (Wildman–Crippen LogP) is 2.66. The zero-order valence-corrected chi connectivity index (χ0v) is 14.8. The minimum atomic E-state index is -0.377. The van der Waals surface area contributed by atoms with Crippen LogP contribution in [0.3, 0.4) is 0 Å². The zero-order valence-electron chi connectivity index (χ0n) is 14.8. The summed E-state index contributed by atoms with van der Waals surface area (Å²) < 4.78 is 0. The van der Waals surface area contributed by atoms with E-state index in [2.05, 4.69) is 21.9 Å². The molecule has 6 heteroatoms. The molecule has 0 fully saturated rings. The molecule has 6 nitrogen and oxygen atoms in total. The fourth-order valence-corrected chi connectivity index (χ4v) is 2.24. The van der Waals surface area contributed by atoms with Crippen LogP contribution in [0.25, 0.3) is 6.08 Å². The summed E-state index contributed by atoms with van der Waals surface area (Å²) in [6, 6.07) is 13.7. The van der Waals surface area contributed by atoms with Gasteiger partial charge in [-0.05, 0) is 35.9 Å². The summed E-state index contributed by atoms with van der Waals surface area (Å²) in [6.45, 7) is 1.54. The highest BCUT2D eigenvalue weighted by atomic mass is 16.2. The number of rotatable bonds is 6. The smallest absolute Gasteiger partial charge is 0.254 e. The van der Waals surface area contributed by atoms with Crippen molar-refractivity contribution in [3.05, 3.63) is 65.7 Å². The highest BCUT2D eigenvalue weighted by molar-refractivity contribution is 6.07. The Labute approximate surface area is 157 Å². The van der Waals surface area contributed by atoms with Crippen molar-refractivity contribution in [2.45, 2.75) is 6.92 Å². The average Bonchev–Trinajstić information content (AvgIpc) is 2.65. The van der Waals surface area contributed by atoms with Crippen molar-refractivity contribution in [3.8, 4) is 12.3 Å². The molecule has 3 N–H and O–H groups in total. The van der Waals surface area contributed by atoms with Gasteiger partial charge in [-0.15, -0.1) is 6.42 Å². The van der Waals surface area contributed by atoms with Gasteiger partial charge in [-0.2, -0.15) is 0 Å². The van der Waals surface area contributed by atoms with E-state index in [0.29, 0.717) is 16.9 Å². The Bertz CT molecular complexity index is 909. The highest BCUT2D eigenvalue weighted by Gasteiger charge is 2.11. The molecule has 2 aromatic carbocycles. The van der Waals surface area contributed by atoms with E-state index < -0.39 is 0 Å². The van der Waals surface area contributed by atoms with Crippen LogP contribution in [0.5, 0.6) is 0 Å². The Balaban J connectivity index is 2.03. The minimum Gasteiger partial charge on any atom is -0.341 e. The molecule has 2 rings (SSSR count). The van der Waals surface area contributed by atoms with E-state index in [4.69, 9.17) is 6.42 Å². The SMILES string of the molecule is C#CCNC(=O)c1ccccc1NC(=O)/C=C/c1ccc(NC(C)=O)cc1. The summed E-state index contributed by atoms with van der Waals surface area (Å²) in [5.74, 6) is 1.44. The van der Waals surface area contributed by atoms with Crippen LogP contribution in [0.4, 0.5) is 11.4 Å². The molecule has 0 atom stereocenters. The van der Waals surface area contributed by atoms with E-state index in [-0.39, 0.29) is 24.3 Å². The standard InChI is InChI=1S/C21H19N3O3/c1-3-14-22-21(27)18-6-4-5-7-19(18)24-20(26)13-10-16-8-11-17(12-9-16)23-15(2)25/h1,4-13H,14H2,2H3,(H,22,27)(H,23,25)(H,24,26)/b13-10+. The van der Waals surface area contributed by atoms with Gasteiger partial charge in [0.25, 0.3) is 5.91 Å². The summed E-state index contributed by atoms with van der Waals surface area (Å²) in [7, 11) is 0. The maximum absolute atomic E-state index is 12.2. The molecule has 0 aliphatic rings. The van der Waals surface area contributed by atoms with Crippen LogP contribution in [-0.2, 0) is 9.59 Å². The Hall–Kier alpha value is -3.85. The quantitative estimate of drug-likeness (QED) is 0.546. The number of terminal acetylenes is 1. The third kappa shape index (κ3) is 6.18. The third-order valence-electron chi connectivity index (χ3n) is 3.44. The molecule has 0 heterocycles. The van der Waals surface area contributed by atoms with Crippen molar-refractivity contribution in [1.82, 2.24) is 5.32 Å². The van der Waals surface area contributed by atoms with E-state index in [1.54, 1.807) is 54.6 Å². The Morgan fingerprint density at radius 3 is 2.41 bits per heavy atom. The fraction of sp³-hybridized carbons (Fsp3) is 0.0952. The molecule has 136 valence electrons. The molecule has 2 aromatic rings. The van der Waals surface area contributed by atoms with E-state index in [1.165, 1.54) is 13.0 Å². The zero-order chi connectivity index (χ0) is 19.6. The van der Waals surface area contributed by atoms with Gasteiger partial charge >= 0.3 is 0 Å². The summed E-state index contributed by atoms with van der Waals surface area (Å²) in [5.41, 5.74) is 2.19. The number of hydrogen-bond donors (Lipinski definition) is 3. The monoisotopic (exact) mass is 361 g/mol. The van der Waals surface area contributed by atoms with E-state index >= 15 is 0 Å². The second kappa shape index (κ2) is 9.59. The topological polar surface area (TPSA) is 87.3 Å². The predicted molar refractivity (Wildman–Crippen MR) is 106 cm³/mol. The molecule has 3 amide bonds. The van der Waals surface area contributed by atoms with Crippen molar-refractivity contribution in [2.24, 2.45) is 0 Å². The van der Waals surface area contributed by atoms with Gasteiger partial charge in [0.2, 0.25) is 11.8 Å². The van der Waals surface area contributed by atoms with Gasteiger partial charge in [-0.1, -0.05) is 30.2 Å². The number of carbonyl (C=O) groups is 3. The minimum absolute atomic E-state index is 0.107. The molecule has 27 heavy (non-hydrogen) atoms. The molecule has 0 saturated carbocycles. The van der Waals surface area contributed by atoms with E-state index in [1.807, 2.05) is 0 Å². The Kier molecular flexibility index (Phi) is 6.91. The van der Waals surface area contributed by atoms with Gasteiger partial charge in [0.15, 0.2) is 0 Å². The molecule has 0 saturated heterocycles. The summed E-state index contributed by atoms with van der Waals surface area (Å²) in [6.07, 6.45) is 8.13. The lowest BCUT2D eigenvalue weighted by atomic mass is 10.1. The maximum Gasteiger partial charge on any atom is 0.254 e. The number of nitrogens with one attached hydrogen (secondary N) is 3. The molecular formula is C21H19N3O3. The van der Waals surface area contributed by atoms with Crippen LogP contribution < -0.4 is 16.0 Å². The van der Waals surface area contributed by atoms with Crippen molar-refractivity contribution < 1.29 is 14.4 Å².